The van der Waals surface area contributed by atoms with Gasteiger partial charge < -0.3 is 5.32 Å². The number of carbonyl (C=O) groups excluding carboxylic acids is 1. The third-order valence-electron chi connectivity index (χ3n) is 4.24. The molecule has 0 spiro atoms. The number of anilines is 1. The van der Waals surface area contributed by atoms with Crippen molar-refractivity contribution in [3.05, 3.63) is 66.5 Å². The summed E-state index contributed by atoms with van der Waals surface area (Å²) in [6.45, 7) is 0. The molecular weight excluding hydrogens is 390 g/mol. The highest BCUT2D eigenvalue weighted by Gasteiger charge is 2.22. The number of benzene rings is 2. The Morgan fingerprint density at radius 3 is 2.72 bits per heavy atom. The molecule has 0 bridgehead atoms. The zero-order valence-electron chi connectivity index (χ0n) is 15.5. The highest BCUT2D eigenvalue weighted by molar-refractivity contribution is 7.98. The Labute approximate surface area is 170 Å². The standard InChI is InChI=1S/C18H17N9OS/c1-29-18-21-23-25-27(18)15-9-5-8-14(11-15)20-17(28)16(26-12-19-22-24-26)10-13-6-3-2-4-7-13/h2-9,11-12,16H,10H2,1H3,(H,20,28). The van der Waals surface area contributed by atoms with Crippen LogP contribution in [0.5, 0.6) is 0 Å². The molecule has 2 aromatic heterocycles. The minimum atomic E-state index is -0.592. The number of amides is 1. The van der Waals surface area contributed by atoms with E-state index in [2.05, 4.69) is 36.4 Å². The minimum absolute atomic E-state index is 0.222. The van der Waals surface area contributed by atoms with Crippen molar-refractivity contribution in [1.29, 1.82) is 0 Å². The van der Waals surface area contributed by atoms with E-state index in [9.17, 15) is 4.79 Å². The van der Waals surface area contributed by atoms with Gasteiger partial charge in [-0.15, -0.1) is 10.2 Å². The Hall–Kier alpha value is -3.60. The predicted octanol–water partition coefficient (Wildman–Crippen LogP) is 1.79. The van der Waals surface area contributed by atoms with Crippen LogP contribution in [0.25, 0.3) is 5.69 Å². The van der Waals surface area contributed by atoms with Gasteiger partial charge in [0.05, 0.1) is 5.69 Å². The second-order valence-corrected chi connectivity index (χ2v) is 6.89. The fraction of sp³-hybridized carbons (Fsp3) is 0.167. The Bertz CT molecular complexity index is 1080. The number of tetrazole rings is 2. The van der Waals surface area contributed by atoms with Gasteiger partial charge in [0, 0.05) is 12.1 Å². The molecule has 11 heteroatoms. The van der Waals surface area contributed by atoms with E-state index in [1.165, 1.54) is 22.8 Å². The lowest BCUT2D eigenvalue weighted by Crippen LogP contribution is -2.28. The van der Waals surface area contributed by atoms with Gasteiger partial charge in [-0.25, -0.2) is 4.68 Å². The zero-order chi connectivity index (χ0) is 20.1. The molecule has 0 radical (unpaired) electrons. The van der Waals surface area contributed by atoms with Crippen LogP contribution in [0.15, 0.2) is 66.1 Å². The van der Waals surface area contributed by atoms with Crippen molar-refractivity contribution in [3.8, 4) is 5.69 Å². The number of hydrogen-bond donors (Lipinski definition) is 1. The molecule has 10 nitrogen and oxygen atoms in total. The van der Waals surface area contributed by atoms with Crippen LogP contribution < -0.4 is 5.32 Å². The van der Waals surface area contributed by atoms with E-state index in [-0.39, 0.29) is 5.91 Å². The molecule has 29 heavy (non-hydrogen) atoms. The number of thioether (sulfide) groups is 1. The molecule has 0 aliphatic carbocycles. The van der Waals surface area contributed by atoms with Crippen molar-refractivity contribution in [2.24, 2.45) is 0 Å². The van der Waals surface area contributed by atoms with Crippen LogP contribution in [-0.4, -0.2) is 52.6 Å². The maximum absolute atomic E-state index is 13.1. The molecule has 4 aromatic rings. The van der Waals surface area contributed by atoms with Crippen LogP contribution in [0.2, 0.25) is 0 Å². The van der Waals surface area contributed by atoms with Gasteiger partial charge in [-0.05, 0) is 50.9 Å². The van der Waals surface area contributed by atoms with Gasteiger partial charge >= 0.3 is 0 Å². The number of nitrogens with zero attached hydrogens (tertiary/aromatic N) is 8. The summed E-state index contributed by atoms with van der Waals surface area (Å²) in [5, 5.41) is 26.5. The van der Waals surface area contributed by atoms with Crippen LogP contribution in [-0.2, 0) is 11.2 Å². The van der Waals surface area contributed by atoms with Gasteiger partial charge in [0.25, 0.3) is 0 Å². The number of hydrogen-bond acceptors (Lipinski definition) is 8. The van der Waals surface area contributed by atoms with E-state index in [4.69, 9.17) is 0 Å². The zero-order valence-corrected chi connectivity index (χ0v) is 16.3. The SMILES string of the molecule is CSc1nnnn1-c1cccc(NC(=O)C(Cc2ccccc2)n2cnnn2)c1. The molecule has 0 aliphatic rings. The predicted molar refractivity (Wildman–Crippen MR) is 107 cm³/mol. The van der Waals surface area contributed by atoms with Gasteiger partial charge in [0.1, 0.15) is 12.4 Å². The summed E-state index contributed by atoms with van der Waals surface area (Å²) in [7, 11) is 0. The smallest absolute Gasteiger partial charge is 0.249 e. The van der Waals surface area contributed by atoms with Gasteiger partial charge in [-0.1, -0.05) is 48.2 Å². The van der Waals surface area contributed by atoms with Gasteiger partial charge in [0.15, 0.2) is 0 Å². The van der Waals surface area contributed by atoms with E-state index in [0.717, 1.165) is 11.3 Å². The summed E-state index contributed by atoms with van der Waals surface area (Å²) in [6, 6.07) is 16.5. The topological polar surface area (TPSA) is 116 Å². The lowest BCUT2D eigenvalue weighted by Gasteiger charge is -2.17. The molecule has 1 atom stereocenters. The number of rotatable bonds is 7. The summed E-state index contributed by atoms with van der Waals surface area (Å²) in [5.74, 6) is -0.222. The minimum Gasteiger partial charge on any atom is -0.324 e. The first-order chi connectivity index (χ1) is 14.2. The average Bonchev–Trinajstić information content (AvgIpc) is 3.45. The fourth-order valence-electron chi connectivity index (χ4n) is 2.86. The summed E-state index contributed by atoms with van der Waals surface area (Å²) in [5.41, 5.74) is 2.38. The number of nitrogens with one attached hydrogen (secondary N) is 1. The van der Waals surface area contributed by atoms with Gasteiger partial charge in [0.2, 0.25) is 11.1 Å². The van der Waals surface area contributed by atoms with Crippen LogP contribution in [0.1, 0.15) is 11.6 Å². The molecule has 0 saturated heterocycles. The molecule has 0 aliphatic heterocycles. The van der Waals surface area contributed by atoms with Crippen molar-refractivity contribution in [2.75, 3.05) is 11.6 Å². The van der Waals surface area contributed by atoms with Crippen LogP contribution in [0.3, 0.4) is 0 Å². The molecule has 0 saturated carbocycles. The molecule has 1 unspecified atom stereocenters. The third-order valence-corrected chi connectivity index (χ3v) is 4.86. The number of carbonyl (C=O) groups is 1. The van der Waals surface area contributed by atoms with E-state index >= 15 is 0 Å². The number of aromatic nitrogens is 8. The monoisotopic (exact) mass is 407 g/mol. The summed E-state index contributed by atoms with van der Waals surface area (Å²) >= 11 is 1.44. The highest BCUT2D eigenvalue weighted by atomic mass is 32.2. The molecule has 2 aromatic carbocycles. The first-order valence-corrected chi connectivity index (χ1v) is 9.97. The lowest BCUT2D eigenvalue weighted by molar-refractivity contribution is -0.119. The first kappa shape index (κ1) is 18.7. The Balaban J connectivity index is 1.57. The maximum Gasteiger partial charge on any atom is 0.249 e. The van der Waals surface area contributed by atoms with Crippen LogP contribution in [0, 0.1) is 0 Å². The largest absolute Gasteiger partial charge is 0.324 e. The Kier molecular flexibility index (Phi) is 5.56. The molecular formula is C18H17N9OS. The van der Waals surface area contributed by atoms with Crippen molar-refractivity contribution >= 4 is 23.4 Å². The summed E-state index contributed by atoms with van der Waals surface area (Å²) in [4.78, 5) is 13.1. The van der Waals surface area contributed by atoms with Crippen molar-refractivity contribution in [3.63, 3.8) is 0 Å². The Morgan fingerprint density at radius 2 is 1.97 bits per heavy atom. The van der Waals surface area contributed by atoms with E-state index < -0.39 is 6.04 Å². The van der Waals surface area contributed by atoms with Crippen LogP contribution in [0.4, 0.5) is 5.69 Å². The van der Waals surface area contributed by atoms with E-state index in [1.807, 2.05) is 60.9 Å². The van der Waals surface area contributed by atoms with Crippen LogP contribution >= 0.6 is 11.8 Å². The molecule has 4 rings (SSSR count). The van der Waals surface area contributed by atoms with E-state index in [0.29, 0.717) is 17.3 Å². The summed E-state index contributed by atoms with van der Waals surface area (Å²) in [6.07, 6.45) is 3.80. The molecule has 1 amide bonds. The third kappa shape index (κ3) is 4.29. The lowest BCUT2D eigenvalue weighted by atomic mass is 10.1. The summed E-state index contributed by atoms with van der Waals surface area (Å²) < 4.78 is 3.07. The fourth-order valence-corrected chi connectivity index (χ4v) is 3.30. The van der Waals surface area contributed by atoms with E-state index in [1.54, 1.807) is 4.68 Å². The van der Waals surface area contributed by atoms with Gasteiger partial charge in [-0.3, -0.25) is 4.79 Å². The maximum atomic E-state index is 13.1. The molecule has 1 N–H and O–H groups in total. The molecule has 0 fully saturated rings. The molecule has 146 valence electrons. The first-order valence-electron chi connectivity index (χ1n) is 8.74. The average molecular weight is 407 g/mol. The second kappa shape index (κ2) is 8.61. The van der Waals surface area contributed by atoms with Gasteiger partial charge in [-0.2, -0.15) is 4.68 Å². The van der Waals surface area contributed by atoms with Crippen molar-refractivity contribution < 1.29 is 4.79 Å². The quantitative estimate of drug-likeness (QED) is 0.461. The highest BCUT2D eigenvalue weighted by Crippen LogP contribution is 2.21. The van der Waals surface area contributed by atoms with Crippen molar-refractivity contribution in [2.45, 2.75) is 17.6 Å². The normalized spacial score (nSPS) is 11.9. The molecule has 2 heterocycles. The Morgan fingerprint density at radius 1 is 1.10 bits per heavy atom. The second-order valence-electron chi connectivity index (χ2n) is 6.11. The van der Waals surface area contributed by atoms with Crippen molar-refractivity contribution in [1.82, 2.24) is 40.4 Å².